The number of epoxide rings is 1. The summed E-state index contributed by atoms with van der Waals surface area (Å²) in [6, 6.07) is 8.12. The Hall–Kier alpha value is -0.550. The summed E-state index contributed by atoms with van der Waals surface area (Å²) in [6.07, 6.45) is 0.365. The Labute approximate surface area is 111 Å². The maximum absolute atomic E-state index is 9.40. The van der Waals surface area contributed by atoms with Crippen molar-refractivity contribution in [2.24, 2.45) is 5.41 Å². The molecule has 3 atom stereocenters. The Balaban J connectivity index is 2.20. The number of rotatable bonds is 1. The minimum atomic E-state index is -0.638. The van der Waals surface area contributed by atoms with Gasteiger partial charge in [0.25, 0.3) is 0 Å². The van der Waals surface area contributed by atoms with Crippen LogP contribution in [-0.4, -0.2) is 16.1 Å². The zero-order chi connectivity index (χ0) is 13.1. The van der Waals surface area contributed by atoms with Crippen LogP contribution in [0.25, 0.3) is 0 Å². The van der Waals surface area contributed by atoms with Crippen molar-refractivity contribution < 1.29 is 14.3 Å². The van der Waals surface area contributed by atoms with E-state index in [1.165, 1.54) is 5.56 Å². The summed E-state index contributed by atoms with van der Waals surface area (Å²) in [6.45, 7) is 8.69. The minimum Gasteiger partial charge on any atom is -0.363 e. The van der Waals surface area contributed by atoms with Crippen molar-refractivity contribution in [2.75, 3.05) is 0 Å². The van der Waals surface area contributed by atoms with Crippen LogP contribution in [0.1, 0.15) is 39.4 Å². The molecule has 0 aromatic heterocycles. The van der Waals surface area contributed by atoms with Gasteiger partial charge in [-0.15, -0.1) is 0 Å². The van der Waals surface area contributed by atoms with Crippen LogP contribution in [-0.2, 0) is 20.2 Å². The van der Waals surface area contributed by atoms with Crippen molar-refractivity contribution in [1.29, 1.82) is 0 Å². The van der Waals surface area contributed by atoms with E-state index in [0.29, 0.717) is 0 Å². The highest BCUT2D eigenvalue weighted by molar-refractivity contribution is 7.93. The molecule has 0 amide bonds. The second-order valence-electron chi connectivity index (χ2n) is 6.09. The van der Waals surface area contributed by atoms with E-state index >= 15 is 0 Å². The molecule has 1 N–H and O–H groups in total. The number of ether oxygens (including phenoxy) is 1. The Bertz CT molecular complexity index is 484. The molecule has 1 saturated heterocycles. The van der Waals surface area contributed by atoms with E-state index in [0.717, 1.165) is 4.90 Å². The third-order valence-electron chi connectivity index (χ3n) is 4.72. The second-order valence-corrected chi connectivity index (χ2v) is 8.24. The summed E-state index contributed by atoms with van der Waals surface area (Å²) in [7, 11) is 0. The average Bonchev–Trinajstić information content (AvgIpc) is 3.10. The summed E-state index contributed by atoms with van der Waals surface area (Å²) < 4.78 is 10.6. The molecule has 2 heterocycles. The van der Waals surface area contributed by atoms with Gasteiger partial charge in [-0.2, -0.15) is 0 Å². The Morgan fingerprint density at radius 3 is 2.56 bits per heavy atom. The van der Waals surface area contributed by atoms with Gasteiger partial charge in [0.05, 0.1) is 6.10 Å². The maximum Gasteiger partial charge on any atom is 0.231 e. The molecule has 1 aromatic rings. The monoisotopic (exact) mass is 267 g/mol. The van der Waals surface area contributed by atoms with Gasteiger partial charge in [0, 0.05) is 11.0 Å². The van der Waals surface area contributed by atoms with Gasteiger partial charge >= 0.3 is 0 Å². The van der Waals surface area contributed by atoms with Crippen LogP contribution in [0, 0.1) is 5.41 Å². The van der Waals surface area contributed by atoms with E-state index in [2.05, 4.69) is 33.8 Å². The maximum atomic E-state index is 9.40. The molecule has 1 fully saturated rings. The van der Waals surface area contributed by atoms with E-state index in [9.17, 15) is 5.26 Å². The van der Waals surface area contributed by atoms with Crippen LogP contribution in [0.2, 0.25) is 0 Å². The molecule has 18 heavy (non-hydrogen) atoms. The van der Waals surface area contributed by atoms with Gasteiger partial charge in [-0.25, -0.2) is 5.26 Å². The first kappa shape index (κ1) is 12.5. The fourth-order valence-corrected chi connectivity index (χ4v) is 4.78. The second kappa shape index (κ2) is 3.73. The van der Waals surface area contributed by atoms with Gasteiger partial charge in [0.1, 0.15) is 6.10 Å². The topological polar surface area (TPSA) is 42.0 Å². The normalized spacial score (nSPS) is 35.3. The van der Waals surface area contributed by atoms with Crippen LogP contribution in [0.15, 0.2) is 29.2 Å². The summed E-state index contributed by atoms with van der Waals surface area (Å²) in [4.78, 5) is 1.07. The molecule has 0 radical (unpaired) electrons. The lowest BCUT2D eigenvalue weighted by Gasteiger charge is -2.35. The third kappa shape index (κ3) is 1.43. The lowest BCUT2D eigenvalue weighted by atomic mass is 9.76. The van der Waals surface area contributed by atoms with Gasteiger partial charge in [-0.05, 0) is 24.2 Å². The molecule has 1 aromatic carbocycles. The largest absolute Gasteiger partial charge is 0.363 e. The van der Waals surface area contributed by atoms with E-state index in [-0.39, 0.29) is 22.4 Å². The number of hydrogen-bond acceptors (Lipinski definition) is 3. The highest BCUT2D eigenvalue weighted by Gasteiger charge is 2.69. The molecule has 3 rings (SSSR count). The first-order chi connectivity index (χ1) is 8.41. The van der Waals surface area contributed by atoms with Crippen molar-refractivity contribution in [3.05, 3.63) is 29.8 Å². The fourth-order valence-electron chi connectivity index (χ4n) is 2.77. The molecule has 0 bridgehead atoms. The van der Waals surface area contributed by atoms with Gasteiger partial charge in [0.2, 0.25) is 11.2 Å². The van der Waals surface area contributed by atoms with Crippen LogP contribution in [0.5, 0.6) is 0 Å². The van der Waals surface area contributed by atoms with Gasteiger partial charge in [-0.1, -0.05) is 32.0 Å². The van der Waals surface area contributed by atoms with Gasteiger partial charge in [-0.3, -0.25) is 0 Å². The first-order valence-electron chi connectivity index (χ1n) is 6.22. The minimum absolute atomic E-state index is 0.0530. The number of hydrogen-bond donors (Lipinski definition) is 1. The SMILES string of the molecule is CC1(C)C2OC2c2ccccc2[S+](OO)C1(C)C. The van der Waals surface area contributed by atoms with Crippen molar-refractivity contribution in [2.45, 2.75) is 49.5 Å². The lowest BCUT2D eigenvalue weighted by Crippen LogP contribution is -2.49. The first-order valence-corrected chi connectivity index (χ1v) is 7.37. The zero-order valence-corrected chi connectivity index (χ0v) is 12.0. The van der Waals surface area contributed by atoms with E-state index < -0.39 is 11.2 Å². The van der Waals surface area contributed by atoms with Gasteiger partial charge in [0.15, 0.2) is 9.64 Å². The quantitative estimate of drug-likeness (QED) is 0.367. The molecule has 2 aliphatic heterocycles. The van der Waals surface area contributed by atoms with Crippen molar-refractivity contribution in [3.8, 4) is 0 Å². The predicted octanol–water partition coefficient (Wildman–Crippen LogP) is 3.33. The summed E-state index contributed by atoms with van der Waals surface area (Å²) in [5.41, 5.74) is 1.11. The lowest BCUT2D eigenvalue weighted by molar-refractivity contribution is -0.126. The molecule has 4 heteroatoms. The van der Waals surface area contributed by atoms with Crippen LogP contribution < -0.4 is 0 Å². The highest BCUT2D eigenvalue weighted by atomic mass is 32.2. The Morgan fingerprint density at radius 1 is 1.22 bits per heavy atom. The Morgan fingerprint density at radius 2 is 1.89 bits per heavy atom. The van der Waals surface area contributed by atoms with Crippen LogP contribution in [0.4, 0.5) is 0 Å². The molecule has 0 saturated carbocycles. The molecule has 3 unspecified atom stereocenters. The van der Waals surface area contributed by atoms with E-state index in [1.807, 2.05) is 18.2 Å². The van der Waals surface area contributed by atoms with Crippen LogP contribution in [0.3, 0.4) is 0 Å². The number of benzene rings is 1. The standard InChI is InChI=1S/C14H18O3S/c1-13(2)12-11(16-12)9-7-5-6-8-10(9)18(17-15)14(13,3)4/h5-8,11-12H,1-4H3/p+1. The summed E-state index contributed by atoms with van der Waals surface area (Å²) in [5.74, 6) is 0. The summed E-state index contributed by atoms with van der Waals surface area (Å²) in [5, 5.41) is 9.40. The predicted molar refractivity (Wildman–Crippen MR) is 71.3 cm³/mol. The van der Waals surface area contributed by atoms with E-state index in [1.54, 1.807) is 0 Å². The van der Waals surface area contributed by atoms with Crippen molar-refractivity contribution in [1.82, 2.24) is 0 Å². The molecular weight excluding hydrogens is 248 g/mol. The molecule has 0 spiro atoms. The highest BCUT2D eigenvalue weighted by Crippen LogP contribution is 2.60. The third-order valence-corrected chi connectivity index (χ3v) is 7.09. The van der Waals surface area contributed by atoms with Crippen molar-refractivity contribution in [3.63, 3.8) is 0 Å². The molecule has 98 valence electrons. The summed E-state index contributed by atoms with van der Waals surface area (Å²) >= 11 is -0.638. The molecular formula is C14H19O3S+. The molecule has 3 nitrogen and oxygen atoms in total. The number of fused-ring (bicyclic) bond motifs is 3. The van der Waals surface area contributed by atoms with Gasteiger partial charge < -0.3 is 4.74 Å². The fraction of sp³-hybridized carbons (Fsp3) is 0.571. The van der Waals surface area contributed by atoms with E-state index in [4.69, 9.17) is 9.07 Å². The molecule has 2 aliphatic rings. The smallest absolute Gasteiger partial charge is 0.231 e. The van der Waals surface area contributed by atoms with Crippen LogP contribution >= 0.6 is 0 Å². The average molecular weight is 267 g/mol. The molecule has 0 aliphatic carbocycles. The Kier molecular flexibility index (Phi) is 2.59. The zero-order valence-electron chi connectivity index (χ0n) is 11.1. The van der Waals surface area contributed by atoms with Crippen molar-refractivity contribution >= 4 is 11.2 Å².